The van der Waals surface area contributed by atoms with E-state index in [9.17, 15) is 30.7 Å². The Kier molecular flexibility index (Phi) is 2.85. The van der Waals surface area contributed by atoms with Gasteiger partial charge in [-0.2, -0.15) is 8.78 Å². The fraction of sp³-hybridized carbons (Fsp3) is 0.556. The molecule has 1 aliphatic rings. The molecule has 0 aromatic carbocycles. The van der Waals surface area contributed by atoms with Crippen LogP contribution in [0.15, 0.2) is 23.3 Å². The third-order valence-corrected chi connectivity index (χ3v) is 2.43. The van der Waals surface area contributed by atoms with E-state index in [-0.39, 0.29) is 0 Å². The molecule has 0 radical (unpaired) electrons. The van der Waals surface area contributed by atoms with Gasteiger partial charge in [0.2, 0.25) is 11.5 Å². The van der Waals surface area contributed by atoms with Crippen LogP contribution in [0.2, 0.25) is 0 Å². The molecule has 7 heteroatoms. The molecule has 92 valence electrons. The summed E-state index contributed by atoms with van der Waals surface area (Å²) in [5.74, 6) is -17.6. The van der Waals surface area contributed by atoms with Gasteiger partial charge in [-0.1, -0.05) is 13.8 Å². The van der Waals surface area contributed by atoms with Crippen LogP contribution < -0.4 is 0 Å². The number of hydrogen-bond acceptors (Lipinski definition) is 0. The van der Waals surface area contributed by atoms with Gasteiger partial charge in [0.15, 0.2) is 17.5 Å². The first-order chi connectivity index (χ1) is 7.08. The predicted octanol–water partition coefficient (Wildman–Crippen LogP) is 4.30. The molecule has 1 aliphatic carbocycles. The topological polar surface area (TPSA) is 0 Å². The van der Waals surface area contributed by atoms with Gasteiger partial charge < -0.3 is 0 Å². The number of alkyl halides is 3. The van der Waals surface area contributed by atoms with Crippen LogP contribution in [0, 0.1) is 5.92 Å². The van der Waals surface area contributed by atoms with Crippen molar-refractivity contribution in [3.05, 3.63) is 23.3 Å². The molecule has 1 rings (SSSR count). The summed E-state index contributed by atoms with van der Waals surface area (Å²) in [4.78, 5) is 0. The second kappa shape index (κ2) is 3.49. The second-order valence-corrected chi connectivity index (χ2v) is 3.70. The van der Waals surface area contributed by atoms with Crippen molar-refractivity contribution < 1.29 is 30.7 Å². The predicted molar refractivity (Wildman–Crippen MR) is 42.1 cm³/mol. The average molecular weight is 248 g/mol. The molecule has 0 aromatic heterocycles. The fourth-order valence-electron chi connectivity index (χ4n) is 1.40. The zero-order chi connectivity index (χ0) is 12.9. The van der Waals surface area contributed by atoms with Crippen molar-refractivity contribution in [1.29, 1.82) is 0 Å². The fourth-order valence-corrected chi connectivity index (χ4v) is 1.40. The van der Waals surface area contributed by atoms with Crippen molar-refractivity contribution >= 4 is 0 Å². The van der Waals surface area contributed by atoms with E-state index >= 15 is 0 Å². The molecule has 0 N–H and O–H groups in total. The Labute approximate surface area is 86.4 Å². The Morgan fingerprint density at radius 2 is 1.19 bits per heavy atom. The maximum Gasteiger partial charge on any atom is 0.341 e. The number of allylic oxidation sites excluding steroid dienone is 4. The third kappa shape index (κ3) is 1.29. The van der Waals surface area contributed by atoms with E-state index < -0.39 is 40.8 Å². The molecule has 1 unspecified atom stereocenters. The minimum atomic E-state index is -5.06. The van der Waals surface area contributed by atoms with Gasteiger partial charge in [0.1, 0.15) is 0 Å². The number of halogens is 7. The van der Waals surface area contributed by atoms with E-state index in [1.165, 1.54) is 0 Å². The van der Waals surface area contributed by atoms with Crippen molar-refractivity contribution in [3.8, 4) is 0 Å². The average Bonchev–Trinajstić information content (AvgIpc) is 2.21. The van der Waals surface area contributed by atoms with Crippen LogP contribution in [-0.4, -0.2) is 11.6 Å². The van der Waals surface area contributed by atoms with Gasteiger partial charge >= 0.3 is 5.92 Å². The van der Waals surface area contributed by atoms with Crippen LogP contribution in [0.3, 0.4) is 0 Å². The summed E-state index contributed by atoms with van der Waals surface area (Å²) in [6.07, 6.45) is 0. The molecule has 0 heterocycles. The smallest absolute Gasteiger partial charge is 0.228 e. The summed E-state index contributed by atoms with van der Waals surface area (Å²) < 4.78 is 90.7. The number of hydrogen-bond donors (Lipinski definition) is 0. The Morgan fingerprint density at radius 1 is 0.812 bits per heavy atom. The van der Waals surface area contributed by atoms with Gasteiger partial charge in [0, 0.05) is 5.92 Å². The Morgan fingerprint density at radius 3 is 1.56 bits per heavy atom. The summed E-state index contributed by atoms with van der Waals surface area (Å²) in [6, 6.07) is 0. The lowest BCUT2D eigenvalue weighted by Crippen LogP contribution is -2.52. The highest BCUT2D eigenvalue weighted by atomic mass is 19.3. The Hall–Kier alpha value is -1.01. The van der Waals surface area contributed by atoms with Crippen LogP contribution in [0.4, 0.5) is 30.7 Å². The lowest BCUT2D eigenvalue weighted by atomic mass is 9.81. The first kappa shape index (κ1) is 13.1. The Bertz CT molecular complexity index is 379. The molecule has 0 saturated carbocycles. The van der Waals surface area contributed by atoms with Gasteiger partial charge in [-0.15, -0.1) is 0 Å². The minimum Gasteiger partial charge on any atom is -0.228 e. The highest BCUT2D eigenvalue weighted by Crippen LogP contribution is 2.55. The summed E-state index contributed by atoms with van der Waals surface area (Å²) in [6.45, 7) is 1.61. The third-order valence-electron chi connectivity index (χ3n) is 2.43. The summed E-state index contributed by atoms with van der Waals surface area (Å²) in [5, 5.41) is 0. The largest absolute Gasteiger partial charge is 0.341 e. The van der Waals surface area contributed by atoms with Crippen LogP contribution in [0.25, 0.3) is 0 Å². The van der Waals surface area contributed by atoms with E-state index in [0.717, 1.165) is 13.8 Å². The highest BCUT2D eigenvalue weighted by molar-refractivity contribution is 5.41. The number of rotatable bonds is 1. The summed E-state index contributed by atoms with van der Waals surface area (Å²) >= 11 is 0. The van der Waals surface area contributed by atoms with Crippen LogP contribution >= 0.6 is 0 Å². The quantitative estimate of drug-likeness (QED) is 0.607. The molecule has 0 nitrogen and oxygen atoms in total. The lowest BCUT2D eigenvalue weighted by molar-refractivity contribution is -0.139. The summed E-state index contributed by atoms with van der Waals surface area (Å²) in [7, 11) is 0. The molecule has 0 amide bonds. The molecule has 0 aromatic rings. The highest BCUT2D eigenvalue weighted by Gasteiger charge is 2.67. The second-order valence-electron chi connectivity index (χ2n) is 3.70. The zero-order valence-corrected chi connectivity index (χ0v) is 8.22. The summed E-state index contributed by atoms with van der Waals surface area (Å²) in [5.41, 5.74) is -4.21. The molecule has 0 bridgehead atoms. The molecule has 1 atom stereocenters. The first-order valence-corrected chi connectivity index (χ1v) is 4.27. The van der Waals surface area contributed by atoms with E-state index in [1.807, 2.05) is 0 Å². The standard InChI is InChI=1S/C9H7F7/c1-3(2)8(14)6(12)4(10)5(11)7(13)9(8,15)16/h3H,1-2H3. The molecular formula is C9H7F7. The first-order valence-electron chi connectivity index (χ1n) is 4.27. The molecule has 0 spiro atoms. The van der Waals surface area contributed by atoms with Gasteiger partial charge in [0.25, 0.3) is 0 Å². The Balaban J connectivity index is 3.56. The van der Waals surface area contributed by atoms with Crippen molar-refractivity contribution in [2.24, 2.45) is 5.92 Å². The van der Waals surface area contributed by atoms with Crippen molar-refractivity contribution in [3.63, 3.8) is 0 Å². The maximum absolute atomic E-state index is 13.7. The van der Waals surface area contributed by atoms with Gasteiger partial charge in [-0.3, -0.25) is 0 Å². The minimum absolute atomic E-state index is 0.803. The molecule has 16 heavy (non-hydrogen) atoms. The van der Waals surface area contributed by atoms with E-state index in [1.54, 1.807) is 0 Å². The van der Waals surface area contributed by atoms with Gasteiger partial charge in [0.05, 0.1) is 0 Å². The van der Waals surface area contributed by atoms with Gasteiger partial charge in [-0.05, 0) is 0 Å². The maximum atomic E-state index is 13.7. The lowest BCUT2D eigenvalue weighted by Gasteiger charge is -2.36. The van der Waals surface area contributed by atoms with Crippen LogP contribution in [-0.2, 0) is 0 Å². The van der Waals surface area contributed by atoms with Crippen molar-refractivity contribution in [2.45, 2.75) is 25.4 Å². The molecule has 0 saturated heterocycles. The van der Waals surface area contributed by atoms with Crippen LogP contribution in [0.1, 0.15) is 13.8 Å². The molecular weight excluding hydrogens is 241 g/mol. The molecule has 0 fully saturated rings. The SMILES string of the molecule is CC(C)C1(F)C(F)=C(F)C(F)=C(F)C1(F)F. The molecule has 0 aliphatic heterocycles. The van der Waals surface area contributed by atoms with E-state index in [0.29, 0.717) is 0 Å². The zero-order valence-electron chi connectivity index (χ0n) is 8.22. The normalized spacial score (nSPS) is 30.4. The van der Waals surface area contributed by atoms with Crippen molar-refractivity contribution in [2.75, 3.05) is 0 Å². The van der Waals surface area contributed by atoms with Gasteiger partial charge in [-0.25, -0.2) is 22.0 Å². The van der Waals surface area contributed by atoms with E-state index in [2.05, 4.69) is 0 Å². The van der Waals surface area contributed by atoms with Crippen LogP contribution in [0.5, 0.6) is 0 Å². The van der Waals surface area contributed by atoms with E-state index in [4.69, 9.17) is 0 Å². The monoisotopic (exact) mass is 248 g/mol. The van der Waals surface area contributed by atoms with Crippen molar-refractivity contribution in [1.82, 2.24) is 0 Å².